The third-order valence-corrected chi connectivity index (χ3v) is 3.87. The van der Waals surface area contributed by atoms with Crippen molar-refractivity contribution < 1.29 is 18.3 Å². The molecule has 4 nitrogen and oxygen atoms in total. The average molecular weight is 380 g/mol. The summed E-state index contributed by atoms with van der Waals surface area (Å²) in [5.74, 6) is -0.429. The maximum Gasteiger partial charge on any atom is 0.244 e. The van der Waals surface area contributed by atoms with Crippen LogP contribution in [0.1, 0.15) is 16.7 Å². The van der Waals surface area contributed by atoms with Crippen LogP contribution in [0.2, 0.25) is 0 Å². The van der Waals surface area contributed by atoms with Crippen molar-refractivity contribution in [3.8, 4) is 5.75 Å². The summed E-state index contributed by atoms with van der Waals surface area (Å²) < 4.78 is 31.9. The lowest BCUT2D eigenvalue weighted by Gasteiger charge is -2.09. The molecule has 0 unspecified atom stereocenters. The number of amides is 1. The molecule has 1 amide bonds. The van der Waals surface area contributed by atoms with Crippen molar-refractivity contribution in [2.75, 3.05) is 0 Å². The second kappa shape index (κ2) is 9.41. The largest absolute Gasteiger partial charge is 0.488 e. The monoisotopic (exact) mass is 380 g/mol. The predicted octanol–water partition coefficient (Wildman–Crippen LogP) is 4.24. The van der Waals surface area contributed by atoms with Crippen molar-refractivity contribution in [2.24, 2.45) is 5.10 Å². The number of carbonyl (C=O) groups is 1. The van der Waals surface area contributed by atoms with Gasteiger partial charge >= 0.3 is 0 Å². The zero-order valence-corrected chi connectivity index (χ0v) is 14.9. The van der Waals surface area contributed by atoms with Gasteiger partial charge in [0.15, 0.2) is 0 Å². The molecule has 1 N–H and O–H groups in total. The van der Waals surface area contributed by atoms with Crippen LogP contribution in [-0.4, -0.2) is 12.1 Å². The first kappa shape index (κ1) is 19.2. The summed E-state index contributed by atoms with van der Waals surface area (Å²) in [6, 6.07) is 19.1. The van der Waals surface area contributed by atoms with Gasteiger partial charge in [0.05, 0.1) is 12.6 Å². The highest BCUT2D eigenvalue weighted by molar-refractivity contribution is 5.85. The number of halogens is 2. The molecule has 28 heavy (non-hydrogen) atoms. The number of hydrogen-bond acceptors (Lipinski definition) is 3. The average Bonchev–Trinajstić information content (AvgIpc) is 2.69. The normalized spacial score (nSPS) is 10.8. The van der Waals surface area contributed by atoms with Crippen molar-refractivity contribution in [3.63, 3.8) is 0 Å². The molecular weight excluding hydrogens is 362 g/mol. The Morgan fingerprint density at radius 2 is 1.71 bits per heavy atom. The van der Waals surface area contributed by atoms with Crippen LogP contribution in [0, 0.1) is 11.6 Å². The summed E-state index contributed by atoms with van der Waals surface area (Å²) in [5, 5.41) is 3.95. The first-order valence-corrected chi connectivity index (χ1v) is 8.63. The van der Waals surface area contributed by atoms with Gasteiger partial charge in [0.25, 0.3) is 0 Å². The van der Waals surface area contributed by atoms with E-state index in [4.69, 9.17) is 4.74 Å². The Labute approximate surface area is 161 Å². The standard InChI is InChI=1S/C22H18F2N2O2/c23-19-10-8-16(9-11-19)13-22(27)26-25-14-18-5-1-2-7-21(18)28-15-17-4-3-6-20(24)12-17/h1-12,14H,13,15H2,(H,26,27)/b25-14+. The zero-order chi connectivity index (χ0) is 19.8. The molecule has 0 saturated carbocycles. The van der Waals surface area contributed by atoms with Gasteiger partial charge in [0.2, 0.25) is 5.91 Å². The van der Waals surface area contributed by atoms with Crippen LogP contribution >= 0.6 is 0 Å². The van der Waals surface area contributed by atoms with E-state index in [0.29, 0.717) is 22.4 Å². The molecule has 0 aromatic heterocycles. The molecule has 142 valence electrons. The molecule has 3 rings (SSSR count). The summed E-state index contributed by atoms with van der Waals surface area (Å²) in [6.07, 6.45) is 1.57. The fourth-order valence-electron chi connectivity index (χ4n) is 2.51. The second-order valence-corrected chi connectivity index (χ2v) is 6.05. The number of carbonyl (C=O) groups excluding carboxylic acids is 1. The van der Waals surface area contributed by atoms with Crippen molar-refractivity contribution in [2.45, 2.75) is 13.0 Å². The van der Waals surface area contributed by atoms with Gasteiger partial charge in [0.1, 0.15) is 24.0 Å². The molecule has 0 fully saturated rings. The smallest absolute Gasteiger partial charge is 0.244 e. The number of hydrogen-bond donors (Lipinski definition) is 1. The van der Waals surface area contributed by atoms with Crippen LogP contribution in [0.5, 0.6) is 5.75 Å². The van der Waals surface area contributed by atoms with E-state index in [2.05, 4.69) is 10.5 Å². The molecule has 0 heterocycles. The Morgan fingerprint density at radius 1 is 0.929 bits per heavy atom. The Morgan fingerprint density at radius 3 is 2.50 bits per heavy atom. The molecule has 3 aromatic rings. The maximum absolute atomic E-state index is 13.3. The first-order valence-electron chi connectivity index (χ1n) is 8.63. The van der Waals surface area contributed by atoms with Gasteiger partial charge in [-0.25, -0.2) is 14.2 Å². The first-order chi connectivity index (χ1) is 13.6. The van der Waals surface area contributed by atoms with Gasteiger partial charge in [-0.1, -0.05) is 36.4 Å². The fourth-order valence-corrected chi connectivity index (χ4v) is 2.51. The number of benzene rings is 3. The lowest BCUT2D eigenvalue weighted by Crippen LogP contribution is -2.19. The molecule has 0 bridgehead atoms. The van der Waals surface area contributed by atoms with Gasteiger partial charge in [-0.15, -0.1) is 0 Å². The van der Waals surface area contributed by atoms with E-state index < -0.39 is 0 Å². The SMILES string of the molecule is O=C(Cc1ccc(F)cc1)N/N=C/c1ccccc1OCc1cccc(F)c1. The van der Waals surface area contributed by atoms with Crippen LogP contribution < -0.4 is 10.2 Å². The van der Waals surface area contributed by atoms with Crippen molar-refractivity contribution >= 4 is 12.1 Å². The number of ether oxygens (including phenoxy) is 1. The lowest BCUT2D eigenvalue weighted by molar-refractivity contribution is -0.120. The Bertz CT molecular complexity index is 972. The molecule has 0 aliphatic rings. The summed E-state index contributed by atoms with van der Waals surface area (Å²) >= 11 is 0. The van der Waals surface area contributed by atoms with Gasteiger partial charge < -0.3 is 4.74 Å². The number of rotatable bonds is 7. The van der Waals surface area contributed by atoms with Crippen LogP contribution in [0.4, 0.5) is 8.78 Å². The van der Waals surface area contributed by atoms with Crippen molar-refractivity contribution in [3.05, 3.63) is 101 Å². The Kier molecular flexibility index (Phi) is 6.46. The topological polar surface area (TPSA) is 50.7 Å². The van der Waals surface area contributed by atoms with E-state index in [9.17, 15) is 13.6 Å². The van der Waals surface area contributed by atoms with Gasteiger partial charge in [-0.05, 0) is 47.5 Å². The van der Waals surface area contributed by atoms with Gasteiger partial charge in [0, 0.05) is 5.56 Å². The molecule has 0 aliphatic heterocycles. The van der Waals surface area contributed by atoms with Crippen molar-refractivity contribution in [1.29, 1.82) is 0 Å². The Balaban J connectivity index is 1.57. The molecule has 0 atom stereocenters. The van der Waals surface area contributed by atoms with Gasteiger partial charge in [-0.2, -0.15) is 5.10 Å². The van der Waals surface area contributed by atoms with Crippen LogP contribution in [0.25, 0.3) is 0 Å². The predicted molar refractivity (Wildman–Crippen MR) is 103 cm³/mol. The van der Waals surface area contributed by atoms with E-state index in [-0.39, 0.29) is 30.6 Å². The van der Waals surface area contributed by atoms with Crippen molar-refractivity contribution in [1.82, 2.24) is 5.43 Å². The lowest BCUT2D eigenvalue weighted by atomic mass is 10.1. The maximum atomic E-state index is 13.3. The highest BCUT2D eigenvalue weighted by Crippen LogP contribution is 2.18. The van der Waals surface area contributed by atoms with Crippen LogP contribution in [0.3, 0.4) is 0 Å². The third kappa shape index (κ3) is 5.74. The number of nitrogens with one attached hydrogen (secondary N) is 1. The quantitative estimate of drug-likeness (QED) is 0.492. The third-order valence-electron chi connectivity index (χ3n) is 3.87. The van der Waals surface area contributed by atoms with Gasteiger partial charge in [-0.3, -0.25) is 4.79 Å². The Hall–Kier alpha value is -3.54. The van der Waals surface area contributed by atoms with E-state index in [1.165, 1.54) is 30.5 Å². The van der Waals surface area contributed by atoms with Crippen LogP contribution in [-0.2, 0) is 17.8 Å². The minimum atomic E-state index is -0.350. The molecule has 0 spiro atoms. The summed E-state index contributed by atoms with van der Waals surface area (Å²) in [7, 11) is 0. The molecule has 6 heteroatoms. The van der Waals surface area contributed by atoms with Crippen LogP contribution in [0.15, 0.2) is 77.9 Å². The molecule has 3 aromatic carbocycles. The van der Waals surface area contributed by atoms with E-state index >= 15 is 0 Å². The molecule has 0 radical (unpaired) electrons. The number of hydrazone groups is 1. The summed E-state index contributed by atoms with van der Waals surface area (Å²) in [4.78, 5) is 11.9. The molecule has 0 aliphatic carbocycles. The molecule has 0 saturated heterocycles. The number of para-hydroxylation sites is 1. The fraction of sp³-hybridized carbons (Fsp3) is 0.0909. The minimum Gasteiger partial charge on any atom is -0.488 e. The highest BCUT2D eigenvalue weighted by Gasteiger charge is 2.04. The van der Waals surface area contributed by atoms with E-state index in [1.807, 2.05) is 12.1 Å². The zero-order valence-electron chi connectivity index (χ0n) is 14.9. The molecular formula is C22H18F2N2O2. The highest BCUT2D eigenvalue weighted by atomic mass is 19.1. The van der Waals surface area contributed by atoms with E-state index in [1.54, 1.807) is 36.4 Å². The second-order valence-electron chi connectivity index (χ2n) is 6.05. The number of nitrogens with zero attached hydrogens (tertiary/aromatic N) is 1. The minimum absolute atomic E-state index is 0.0926. The summed E-state index contributed by atoms with van der Waals surface area (Å²) in [5.41, 5.74) is 4.50. The van der Waals surface area contributed by atoms with E-state index in [0.717, 1.165) is 0 Å². The summed E-state index contributed by atoms with van der Waals surface area (Å²) in [6.45, 7) is 0.208.